The van der Waals surface area contributed by atoms with Crippen LogP contribution < -0.4 is 5.32 Å². The molecule has 25 heavy (non-hydrogen) atoms. The lowest BCUT2D eigenvalue weighted by Crippen LogP contribution is -2.30. The number of aromatic nitrogens is 4. The van der Waals surface area contributed by atoms with E-state index in [-0.39, 0.29) is 11.9 Å². The molecule has 0 saturated heterocycles. The first kappa shape index (κ1) is 15.9. The maximum atomic E-state index is 12.6. The standard InChI is InChI=1S/C18H18ClN5O/c1-23-16-8-4-6-15(13(16)10-20-23)22-18(25)12-9-21-24(11-12)17-7-3-2-5-14(17)19/h2-3,5,7,9-11,15H,4,6,8H2,1H3,(H,22,25). The summed E-state index contributed by atoms with van der Waals surface area (Å²) in [6.45, 7) is 0. The molecule has 0 bridgehead atoms. The molecule has 4 rings (SSSR count). The predicted octanol–water partition coefficient (Wildman–Crippen LogP) is 3.07. The van der Waals surface area contributed by atoms with Gasteiger partial charge in [-0.1, -0.05) is 23.7 Å². The number of hydrogen-bond donors (Lipinski definition) is 1. The van der Waals surface area contributed by atoms with Gasteiger partial charge in [0.2, 0.25) is 0 Å². The highest BCUT2D eigenvalue weighted by molar-refractivity contribution is 6.32. The number of aryl methyl sites for hydroxylation is 1. The molecule has 0 radical (unpaired) electrons. The first-order chi connectivity index (χ1) is 12.1. The van der Waals surface area contributed by atoms with E-state index in [0.717, 1.165) is 30.5 Å². The Hall–Kier alpha value is -2.60. The van der Waals surface area contributed by atoms with Gasteiger partial charge in [-0.2, -0.15) is 10.2 Å². The van der Waals surface area contributed by atoms with Crippen molar-refractivity contribution < 1.29 is 4.79 Å². The molecule has 1 aromatic carbocycles. The highest BCUT2D eigenvalue weighted by Gasteiger charge is 2.25. The molecule has 0 aliphatic heterocycles. The second kappa shape index (κ2) is 6.37. The number of nitrogens with zero attached hydrogens (tertiary/aromatic N) is 4. The summed E-state index contributed by atoms with van der Waals surface area (Å²) >= 11 is 6.19. The van der Waals surface area contributed by atoms with Crippen LogP contribution in [-0.4, -0.2) is 25.5 Å². The van der Waals surface area contributed by atoms with Crippen molar-refractivity contribution in [3.63, 3.8) is 0 Å². The molecule has 1 aliphatic rings. The van der Waals surface area contributed by atoms with Crippen molar-refractivity contribution in [2.24, 2.45) is 7.05 Å². The molecular weight excluding hydrogens is 338 g/mol. The van der Waals surface area contributed by atoms with Crippen molar-refractivity contribution in [1.29, 1.82) is 0 Å². The monoisotopic (exact) mass is 355 g/mol. The fraction of sp³-hybridized carbons (Fsp3) is 0.278. The van der Waals surface area contributed by atoms with E-state index in [4.69, 9.17) is 11.6 Å². The van der Waals surface area contributed by atoms with Crippen LogP contribution in [0.15, 0.2) is 42.9 Å². The summed E-state index contributed by atoms with van der Waals surface area (Å²) in [5.74, 6) is -0.139. The molecule has 128 valence electrons. The van der Waals surface area contributed by atoms with Crippen molar-refractivity contribution in [3.05, 3.63) is 64.7 Å². The summed E-state index contributed by atoms with van der Waals surface area (Å²) < 4.78 is 3.51. The molecule has 1 atom stereocenters. The van der Waals surface area contributed by atoms with Crippen molar-refractivity contribution >= 4 is 17.5 Å². The Kier molecular flexibility index (Phi) is 4.05. The third kappa shape index (κ3) is 2.93. The molecule has 2 heterocycles. The van der Waals surface area contributed by atoms with E-state index in [9.17, 15) is 4.79 Å². The van der Waals surface area contributed by atoms with Gasteiger partial charge in [-0.3, -0.25) is 9.48 Å². The van der Waals surface area contributed by atoms with Gasteiger partial charge in [0.05, 0.1) is 34.7 Å². The number of hydrogen-bond acceptors (Lipinski definition) is 3. The van der Waals surface area contributed by atoms with Crippen molar-refractivity contribution in [3.8, 4) is 5.69 Å². The zero-order valence-electron chi connectivity index (χ0n) is 13.8. The quantitative estimate of drug-likeness (QED) is 0.785. The van der Waals surface area contributed by atoms with Gasteiger partial charge >= 0.3 is 0 Å². The van der Waals surface area contributed by atoms with Crippen LogP contribution in [0.5, 0.6) is 0 Å². The normalized spacial score (nSPS) is 16.5. The van der Waals surface area contributed by atoms with Crippen molar-refractivity contribution in [1.82, 2.24) is 24.9 Å². The summed E-state index contributed by atoms with van der Waals surface area (Å²) in [6.07, 6.45) is 8.07. The van der Waals surface area contributed by atoms with E-state index in [2.05, 4.69) is 15.5 Å². The molecule has 2 aromatic heterocycles. The van der Waals surface area contributed by atoms with Crippen LogP contribution in [0.2, 0.25) is 5.02 Å². The molecule has 7 heteroatoms. The molecule has 0 saturated carbocycles. The third-order valence-electron chi connectivity index (χ3n) is 4.63. The number of carbonyl (C=O) groups excluding carboxylic acids is 1. The maximum absolute atomic E-state index is 12.6. The van der Waals surface area contributed by atoms with Crippen LogP contribution >= 0.6 is 11.6 Å². The average molecular weight is 356 g/mol. The van der Waals surface area contributed by atoms with E-state index >= 15 is 0 Å². The van der Waals surface area contributed by atoms with Crippen molar-refractivity contribution in [2.75, 3.05) is 0 Å². The number of carbonyl (C=O) groups is 1. The number of amides is 1. The molecule has 0 spiro atoms. The second-order valence-electron chi connectivity index (χ2n) is 6.21. The van der Waals surface area contributed by atoms with Gasteiger partial charge in [0.15, 0.2) is 0 Å². The Morgan fingerprint density at radius 1 is 1.28 bits per heavy atom. The molecule has 3 aromatic rings. The lowest BCUT2D eigenvalue weighted by molar-refractivity contribution is 0.0932. The highest BCUT2D eigenvalue weighted by atomic mass is 35.5. The fourth-order valence-corrected chi connectivity index (χ4v) is 3.53. The second-order valence-corrected chi connectivity index (χ2v) is 6.62. The average Bonchev–Trinajstić information content (AvgIpc) is 3.24. The Bertz CT molecular complexity index is 929. The van der Waals surface area contributed by atoms with Gasteiger partial charge in [-0.15, -0.1) is 0 Å². The van der Waals surface area contributed by atoms with Gasteiger partial charge in [0.25, 0.3) is 5.91 Å². The number of fused-ring (bicyclic) bond motifs is 1. The van der Waals surface area contributed by atoms with Gasteiger partial charge < -0.3 is 5.32 Å². The van der Waals surface area contributed by atoms with Crippen LogP contribution in [0.1, 0.15) is 40.5 Å². The van der Waals surface area contributed by atoms with E-state index in [1.54, 1.807) is 23.1 Å². The minimum Gasteiger partial charge on any atom is -0.345 e. The smallest absolute Gasteiger partial charge is 0.254 e. The zero-order valence-corrected chi connectivity index (χ0v) is 14.6. The number of rotatable bonds is 3. The molecule has 1 unspecified atom stereocenters. The molecule has 0 fully saturated rings. The van der Waals surface area contributed by atoms with E-state index in [1.807, 2.05) is 36.1 Å². The van der Waals surface area contributed by atoms with Crippen LogP contribution in [0.3, 0.4) is 0 Å². The Balaban J connectivity index is 1.54. The van der Waals surface area contributed by atoms with E-state index < -0.39 is 0 Å². The molecule has 6 nitrogen and oxygen atoms in total. The van der Waals surface area contributed by atoms with Crippen LogP contribution in [0.25, 0.3) is 5.69 Å². The minimum atomic E-state index is -0.139. The van der Waals surface area contributed by atoms with E-state index in [0.29, 0.717) is 10.6 Å². The predicted molar refractivity (Wildman–Crippen MR) is 94.9 cm³/mol. The molecule has 1 N–H and O–H groups in total. The Morgan fingerprint density at radius 2 is 2.12 bits per heavy atom. The largest absolute Gasteiger partial charge is 0.345 e. The summed E-state index contributed by atoms with van der Waals surface area (Å²) in [6, 6.07) is 7.39. The Morgan fingerprint density at radius 3 is 2.96 bits per heavy atom. The van der Waals surface area contributed by atoms with Gasteiger partial charge in [-0.05, 0) is 31.4 Å². The van der Waals surface area contributed by atoms with Gasteiger partial charge in [0.1, 0.15) is 0 Å². The summed E-state index contributed by atoms with van der Waals surface area (Å²) in [4.78, 5) is 12.6. The maximum Gasteiger partial charge on any atom is 0.254 e. The van der Waals surface area contributed by atoms with Crippen LogP contribution in [0.4, 0.5) is 0 Å². The highest BCUT2D eigenvalue weighted by Crippen LogP contribution is 2.29. The van der Waals surface area contributed by atoms with Crippen LogP contribution in [-0.2, 0) is 13.5 Å². The summed E-state index contributed by atoms with van der Waals surface area (Å²) in [7, 11) is 1.94. The van der Waals surface area contributed by atoms with Gasteiger partial charge in [-0.25, -0.2) is 4.68 Å². The molecular formula is C18H18ClN5O. The number of halogens is 1. The SMILES string of the molecule is Cn1ncc2c1CCCC2NC(=O)c1cnn(-c2ccccc2Cl)c1. The number of para-hydroxylation sites is 1. The lowest BCUT2D eigenvalue weighted by atomic mass is 9.93. The van der Waals surface area contributed by atoms with Gasteiger partial charge in [0, 0.05) is 24.5 Å². The summed E-state index contributed by atoms with van der Waals surface area (Å²) in [5.41, 5.74) is 3.57. The van der Waals surface area contributed by atoms with E-state index in [1.165, 1.54) is 5.69 Å². The lowest BCUT2D eigenvalue weighted by Gasteiger charge is -2.23. The van der Waals surface area contributed by atoms with Crippen LogP contribution in [0, 0.1) is 0 Å². The molecule has 1 amide bonds. The summed E-state index contributed by atoms with van der Waals surface area (Å²) in [5, 5.41) is 12.3. The first-order valence-corrected chi connectivity index (χ1v) is 8.62. The fourth-order valence-electron chi connectivity index (χ4n) is 3.31. The number of benzene rings is 1. The first-order valence-electron chi connectivity index (χ1n) is 8.24. The topological polar surface area (TPSA) is 64.7 Å². The number of nitrogens with one attached hydrogen (secondary N) is 1. The molecule has 1 aliphatic carbocycles. The third-order valence-corrected chi connectivity index (χ3v) is 4.94. The minimum absolute atomic E-state index is 0.00591. The Labute approximate surface area is 150 Å². The van der Waals surface area contributed by atoms with Crippen molar-refractivity contribution in [2.45, 2.75) is 25.3 Å². The zero-order chi connectivity index (χ0) is 17.4.